The summed E-state index contributed by atoms with van der Waals surface area (Å²) in [5.41, 5.74) is 0. The Bertz CT molecular complexity index is 509. The largest absolute Gasteiger partial charge is 0.332 e. The Labute approximate surface area is 109 Å². The van der Waals surface area contributed by atoms with Gasteiger partial charge in [0.05, 0.1) is 6.20 Å². The number of sulfonamides is 1. The zero-order valence-electron chi connectivity index (χ0n) is 11.2. The second-order valence-corrected chi connectivity index (χ2v) is 7.15. The molecule has 0 aliphatic heterocycles. The number of nitrogens with one attached hydrogen (secondary N) is 1. The monoisotopic (exact) mass is 271 g/mol. The van der Waals surface area contributed by atoms with E-state index in [1.807, 2.05) is 0 Å². The fourth-order valence-electron chi connectivity index (χ4n) is 2.70. The van der Waals surface area contributed by atoms with Gasteiger partial charge in [-0.1, -0.05) is 19.8 Å². The van der Waals surface area contributed by atoms with Crippen LogP contribution in [-0.4, -0.2) is 35.8 Å². The number of H-pyrrole nitrogens is 1. The van der Waals surface area contributed by atoms with E-state index < -0.39 is 10.0 Å². The van der Waals surface area contributed by atoms with Crippen molar-refractivity contribution in [3.63, 3.8) is 0 Å². The van der Waals surface area contributed by atoms with Gasteiger partial charge in [0, 0.05) is 13.1 Å². The molecular weight excluding hydrogens is 250 g/mol. The van der Waals surface area contributed by atoms with Crippen LogP contribution < -0.4 is 0 Å². The summed E-state index contributed by atoms with van der Waals surface area (Å²) in [6, 6.07) is 0.104. The van der Waals surface area contributed by atoms with Gasteiger partial charge in [-0.05, 0) is 25.7 Å². The summed E-state index contributed by atoms with van der Waals surface area (Å²) in [6.07, 6.45) is 5.76. The van der Waals surface area contributed by atoms with E-state index in [2.05, 4.69) is 16.9 Å². The number of nitrogens with zero attached hydrogens (tertiary/aromatic N) is 2. The van der Waals surface area contributed by atoms with Crippen LogP contribution in [-0.2, 0) is 10.0 Å². The molecule has 1 fully saturated rings. The van der Waals surface area contributed by atoms with Gasteiger partial charge in [0.15, 0.2) is 5.03 Å². The molecule has 6 heteroatoms. The SMILES string of the molecule is Cc1ncc(S(=O)(=O)N(C)C2CCCCC2C)[nH]1. The maximum absolute atomic E-state index is 12.4. The first kappa shape index (κ1) is 13.5. The van der Waals surface area contributed by atoms with E-state index in [4.69, 9.17) is 0 Å². The van der Waals surface area contributed by atoms with Crippen molar-refractivity contribution >= 4 is 10.0 Å². The molecule has 2 rings (SSSR count). The topological polar surface area (TPSA) is 66.1 Å². The zero-order valence-corrected chi connectivity index (χ0v) is 12.0. The average Bonchev–Trinajstić information content (AvgIpc) is 2.76. The van der Waals surface area contributed by atoms with Crippen molar-refractivity contribution in [1.29, 1.82) is 0 Å². The van der Waals surface area contributed by atoms with E-state index in [9.17, 15) is 8.42 Å². The lowest BCUT2D eigenvalue weighted by atomic mass is 9.86. The lowest BCUT2D eigenvalue weighted by Gasteiger charge is -2.35. The Kier molecular flexibility index (Phi) is 3.77. The van der Waals surface area contributed by atoms with E-state index in [1.165, 1.54) is 16.9 Å². The molecule has 102 valence electrons. The van der Waals surface area contributed by atoms with Crippen LogP contribution in [0.25, 0.3) is 0 Å². The van der Waals surface area contributed by atoms with Crippen molar-refractivity contribution in [3.05, 3.63) is 12.0 Å². The van der Waals surface area contributed by atoms with Crippen molar-refractivity contribution in [2.75, 3.05) is 7.05 Å². The molecule has 1 saturated carbocycles. The Morgan fingerprint density at radius 3 is 2.61 bits per heavy atom. The molecule has 1 aromatic rings. The first-order valence-corrected chi connectivity index (χ1v) is 7.86. The maximum atomic E-state index is 12.4. The van der Waals surface area contributed by atoms with Gasteiger partial charge in [-0.3, -0.25) is 0 Å². The summed E-state index contributed by atoms with van der Waals surface area (Å²) in [7, 11) is -1.76. The van der Waals surface area contributed by atoms with Crippen LogP contribution in [0.15, 0.2) is 11.2 Å². The van der Waals surface area contributed by atoms with Crippen LogP contribution in [0.2, 0.25) is 0 Å². The number of aromatic amines is 1. The summed E-state index contributed by atoms with van der Waals surface area (Å²) in [6.45, 7) is 3.89. The molecule has 0 saturated heterocycles. The summed E-state index contributed by atoms with van der Waals surface area (Å²) in [5.74, 6) is 1.04. The van der Waals surface area contributed by atoms with E-state index in [0.717, 1.165) is 19.3 Å². The van der Waals surface area contributed by atoms with Crippen LogP contribution in [0.3, 0.4) is 0 Å². The fourth-order valence-corrected chi connectivity index (χ4v) is 4.14. The minimum Gasteiger partial charge on any atom is -0.332 e. The quantitative estimate of drug-likeness (QED) is 0.913. The summed E-state index contributed by atoms with van der Waals surface area (Å²) in [5, 5.41) is 0.195. The van der Waals surface area contributed by atoms with Crippen LogP contribution in [0, 0.1) is 12.8 Å². The molecule has 0 aromatic carbocycles. The standard InChI is InChI=1S/C12H21N3O2S/c1-9-6-4-5-7-11(9)15(3)18(16,17)12-8-13-10(2)14-12/h8-9,11H,4-7H2,1-3H3,(H,13,14). The van der Waals surface area contributed by atoms with Crippen molar-refractivity contribution in [2.45, 2.75) is 50.6 Å². The third kappa shape index (κ3) is 2.44. The number of rotatable bonds is 3. The van der Waals surface area contributed by atoms with Gasteiger partial charge < -0.3 is 4.98 Å². The molecule has 1 aromatic heterocycles. The van der Waals surface area contributed by atoms with Crippen LogP contribution in [0.4, 0.5) is 0 Å². The minimum atomic E-state index is -3.44. The second-order valence-electron chi connectivity index (χ2n) is 5.18. The van der Waals surface area contributed by atoms with Crippen molar-refractivity contribution < 1.29 is 8.42 Å². The van der Waals surface area contributed by atoms with E-state index in [0.29, 0.717) is 11.7 Å². The van der Waals surface area contributed by atoms with Crippen LogP contribution >= 0.6 is 0 Å². The molecule has 1 aliphatic rings. The van der Waals surface area contributed by atoms with Gasteiger partial charge in [0.2, 0.25) is 0 Å². The molecular formula is C12H21N3O2S. The van der Waals surface area contributed by atoms with Gasteiger partial charge in [0.1, 0.15) is 5.82 Å². The van der Waals surface area contributed by atoms with Crippen LogP contribution in [0.5, 0.6) is 0 Å². The molecule has 0 bridgehead atoms. The van der Waals surface area contributed by atoms with Gasteiger partial charge in [-0.25, -0.2) is 13.4 Å². The molecule has 0 spiro atoms. The first-order valence-electron chi connectivity index (χ1n) is 6.42. The lowest BCUT2D eigenvalue weighted by molar-refractivity contribution is 0.213. The highest BCUT2D eigenvalue weighted by molar-refractivity contribution is 7.89. The third-order valence-corrected chi connectivity index (χ3v) is 5.66. The van der Waals surface area contributed by atoms with E-state index in [1.54, 1.807) is 14.0 Å². The molecule has 2 atom stereocenters. The van der Waals surface area contributed by atoms with E-state index in [-0.39, 0.29) is 11.1 Å². The molecule has 0 amide bonds. The van der Waals surface area contributed by atoms with Gasteiger partial charge in [-0.15, -0.1) is 0 Å². The molecule has 1 heterocycles. The molecule has 2 unspecified atom stereocenters. The molecule has 0 radical (unpaired) electrons. The Hall–Kier alpha value is -0.880. The zero-order chi connectivity index (χ0) is 13.3. The van der Waals surface area contributed by atoms with Crippen molar-refractivity contribution in [3.8, 4) is 0 Å². The van der Waals surface area contributed by atoms with Crippen LogP contribution in [0.1, 0.15) is 38.4 Å². The van der Waals surface area contributed by atoms with Crippen molar-refractivity contribution in [2.24, 2.45) is 5.92 Å². The molecule has 1 N–H and O–H groups in total. The Morgan fingerprint density at radius 2 is 2.06 bits per heavy atom. The highest BCUT2D eigenvalue weighted by atomic mass is 32.2. The number of hydrogen-bond acceptors (Lipinski definition) is 3. The van der Waals surface area contributed by atoms with Gasteiger partial charge in [0.25, 0.3) is 10.0 Å². The highest BCUT2D eigenvalue weighted by Crippen LogP contribution is 2.30. The number of aryl methyl sites for hydroxylation is 1. The van der Waals surface area contributed by atoms with Crippen molar-refractivity contribution in [1.82, 2.24) is 14.3 Å². The van der Waals surface area contributed by atoms with Gasteiger partial charge >= 0.3 is 0 Å². The van der Waals surface area contributed by atoms with Gasteiger partial charge in [-0.2, -0.15) is 4.31 Å². The number of hydrogen-bond donors (Lipinski definition) is 1. The Morgan fingerprint density at radius 1 is 1.39 bits per heavy atom. The highest BCUT2D eigenvalue weighted by Gasteiger charge is 2.33. The molecule has 18 heavy (non-hydrogen) atoms. The fraction of sp³-hybridized carbons (Fsp3) is 0.750. The second kappa shape index (κ2) is 5.01. The average molecular weight is 271 g/mol. The summed E-state index contributed by atoms with van der Waals surface area (Å²) in [4.78, 5) is 6.78. The normalized spacial score (nSPS) is 25.6. The predicted octanol–water partition coefficient (Wildman–Crippen LogP) is 1.92. The first-order chi connectivity index (χ1) is 8.43. The lowest BCUT2D eigenvalue weighted by Crippen LogP contribution is -2.42. The number of aromatic nitrogens is 2. The molecule has 1 aliphatic carbocycles. The summed E-state index contributed by atoms with van der Waals surface area (Å²) < 4.78 is 26.4. The molecule has 5 nitrogen and oxygen atoms in total. The smallest absolute Gasteiger partial charge is 0.260 e. The minimum absolute atomic E-state index is 0.104. The third-order valence-electron chi connectivity index (χ3n) is 3.87. The van der Waals surface area contributed by atoms with E-state index >= 15 is 0 Å². The number of imidazole rings is 1. The Balaban J connectivity index is 2.24. The predicted molar refractivity (Wildman–Crippen MR) is 69.7 cm³/mol. The summed E-state index contributed by atoms with van der Waals surface area (Å²) >= 11 is 0. The maximum Gasteiger partial charge on any atom is 0.260 e.